The van der Waals surface area contributed by atoms with Gasteiger partial charge in [-0.25, -0.2) is 0 Å². The zero-order valence-electron chi connectivity index (χ0n) is 22.8. The highest BCUT2D eigenvalue weighted by molar-refractivity contribution is 5.89. The van der Waals surface area contributed by atoms with E-state index in [2.05, 4.69) is 11.8 Å². The molecule has 3 N–H and O–H groups in total. The number of Topliss-reactive ketones (excluding diaryl/α,β-unsaturated/α-hetero) is 2. The van der Waals surface area contributed by atoms with Crippen LogP contribution in [0, 0.1) is 29.1 Å². The van der Waals surface area contributed by atoms with Crippen molar-refractivity contribution >= 4 is 11.6 Å². The number of phenolic OH excluding ortho intramolecular Hbond substituents is 1. The number of aliphatic hydroxyl groups is 2. The van der Waals surface area contributed by atoms with Crippen molar-refractivity contribution in [2.75, 3.05) is 13.7 Å². The number of ether oxygens (including phenoxy) is 1. The summed E-state index contributed by atoms with van der Waals surface area (Å²) in [4.78, 5) is 25.1. The van der Waals surface area contributed by atoms with Crippen molar-refractivity contribution in [1.29, 1.82) is 0 Å². The van der Waals surface area contributed by atoms with Gasteiger partial charge in [0.1, 0.15) is 11.2 Å². The summed E-state index contributed by atoms with van der Waals surface area (Å²) in [5.41, 5.74) is 0.754. The first kappa shape index (κ1) is 28.6. The number of fused-ring (bicyclic) bond motifs is 1. The van der Waals surface area contributed by atoms with E-state index >= 15 is 0 Å². The second-order valence-corrected chi connectivity index (χ2v) is 11.7. The van der Waals surface area contributed by atoms with Gasteiger partial charge in [0.05, 0.1) is 13.2 Å². The Morgan fingerprint density at radius 1 is 0.974 bits per heavy atom. The van der Waals surface area contributed by atoms with Crippen molar-refractivity contribution in [3.8, 4) is 23.3 Å². The molecular weight excluding hydrogens is 480 g/mol. The molecule has 1 aromatic carbocycles. The van der Waals surface area contributed by atoms with E-state index in [0.29, 0.717) is 55.5 Å². The van der Waals surface area contributed by atoms with Gasteiger partial charge in [0.2, 0.25) is 0 Å². The minimum absolute atomic E-state index is 0.00333. The van der Waals surface area contributed by atoms with Crippen LogP contribution in [0.5, 0.6) is 11.5 Å². The lowest BCUT2D eigenvalue weighted by Gasteiger charge is -2.40. The number of rotatable bonds is 9. The van der Waals surface area contributed by atoms with Crippen molar-refractivity contribution in [3.05, 3.63) is 23.3 Å². The molecule has 0 heterocycles. The summed E-state index contributed by atoms with van der Waals surface area (Å²) in [5.74, 6) is 8.29. The molecule has 0 bridgehead atoms. The third-order valence-corrected chi connectivity index (χ3v) is 9.27. The van der Waals surface area contributed by atoms with E-state index < -0.39 is 11.5 Å². The van der Waals surface area contributed by atoms with Crippen LogP contribution >= 0.6 is 0 Å². The average molecular weight is 525 g/mol. The zero-order chi connectivity index (χ0) is 27.1. The quantitative estimate of drug-likeness (QED) is 0.301. The van der Waals surface area contributed by atoms with Crippen molar-refractivity contribution in [1.82, 2.24) is 0 Å². The van der Waals surface area contributed by atoms with E-state index in [9.17, 15) is 24.9 Å². The number of unbranched alkanes of at least 4 members (excludes halogenated alkanes) is 1. The number of methoxy groups -OCH3 is 1. The van der Waals surface area contributed by atoms with Crippen LogP contribution in [0.3, 0.4) is 0 Å². The minimum Gasteiger partial charge on any atom is -0.504 e. The zero-order valence-corrected chi connectivity index (χ0v) is 22.8. The second-order valence-electron chi connectivity index (χ2n) is 11.7. The molecule has 0 radical (unpaired) electrons. The Hall–Kier alpha value is -2.36. The van der Waals surface area contributed by atoms with Gasteiger partial charge in [-0.1, -0.05) is 37.5 Å². The maximum Gasteiger partial charge on any atom is 0.160 e. The Balaban J connectivity index is 1.43. The molecule has 4 rings (SSSR count). The molecule has 2 saturated carbocycles. The van der Waals surface area contributed by atoms with Crippen LogP contribution in [-0.4, -0.2) is 46.7 Å². The smallest absolute Gasteiger partial charge is 0.160 e. The average Bonchev–Trinajstić information content (AvgIpc) is 2.96. The molecular formula is C32H44O6. The Kier molecular flexibility index (Phi) is 9.90. The number of carbonyl (C=O) groups excluding carboxylic acids is 2. The summed E-state index contributed by atoms with van der Waals surface area (Å²) in [6.07, 6.45) is 11.3. The van der Waals surface area contributed by atoms with Gasteiger partial charge in [0.25, 0.3) is 0 Å². The highest BCUT2D eigenvalue weighted by Gasteiger charge is 2.47. The molecule has 208 valence electrons. The molecule has 6 nitrogen and oxygen atoms in total. The Morgan fingerprint density at radius 3 is 2.39 bits per heavy atom. The lowest BCUT2D eigenvalue weighted by atomic mass is 9.64. The van der Waals surface area contributed by atoms with Crippen molar-refractivity contribution in [2.24, 2.45) is 17.3 Å². The lowest BCUT2D eigenvalue weighted by molar-refractivity contribution is -0.134. The summed E-state index contributed by atoms with van der Waals surface area (Å²) in [6.45, 7) is 0.0445. The van der Waals surface area contributed by atoms with E-state index in [1.165, 1.54) is 13.5 Å². The van der Waals surface area contributed by atoms with Gasteiger partial charge in [0, 0.05) is 31.8 Å². The normalized spacial score (nSPS) is 28.1. The number of aromatic hydroxyl groups is 1. The highest BCUT2D eigenvalue weighted by Crippen LogP contribution is 2.44. The van der Waals surface area contributed by atoms with Gasteiger partial charge in [-0.05, 0) is 86.5 Å². The van der Waals surface area contributed by atoms with Gasteiger partial charge in [0.15, 0.2) is 17.3 Å². The molecule has 6 heteroatoms. The molecule has 4 atom stereocenters. The van der Waals surface area contributed by atoms with E-state index in [0.717, 1.165) is 62.5 Å². The van der Waals surface area contributed by atoms with E-state index in [1.54, 1.807) is 12.1 Å². The van der Waals surface area contributed by atoms with Crippen molar-refractivity contribution < 1.29 is 29.6 Å². The number of hydrogen-bond donors (Lipinski definition) is 3. The minimum atomic E-state index is -1.04. The third-order valence-electron chi connectivity index (χ3n) is 9.27. The summed E-state index contributed by atoms with van der Waals surface area (Å²) in [6, 6.07) is 3.48. The molecule has 1 spiro atoms. The monoisotopic (exact) mass is 524 g/mol. The number of hydrogen-bond acceptors (Lipinski definition) is 6. The molecule has 38 heavy (non-hydrogen) atoms. The number of benzene rings is 1. The number of aliphatic hydroxyl groups excluding tert-OH is 2. The topological polar surface area (TPSA) is 104 Å². The van der Waals surface area contributed by atoms with Crippen LogP contribution < -0.4 is 4.74 Å². The number of ketones is 2. The van der Waals surface area contributed by atoms with Gasteiger partial charge in [-0.2, -0.15) is 0 Å². The van der Waals surface area contributed by atoms with Crippen LogP contribution in [0.15, 0.2) is 12.1 Å². The largest absolute Gasteiger partial charge is 0.504 e. The molecule has 3 aliphatic carbocycles. The van der Waals surface area contributed by atoms with Crippen LogP contribution in [0.2, 0.25) is 0 Å². The number of carbonyl (C=O) groups is 2. The third kappa shape index (κ3) is 6.61. The molecule has 0 amide bonds. The van der Waals surface area contributed by atoms with E-state index in [1.807, 2.05) is 0 Å². The predicted molar refractivity (Wildman–Crippen MR) is 146 cm³/mol. The number of phenols is 1. The summed E-state index contributed by atoms with van der Waals surface area (Å²) in [7, 11) is 1.51. The first-order valence-corrected chi connectivity index (χ1v) is 14.6. The fraction of sp³-hybridized carbons (Fsp3) is 0.688. The fourth-order valence-electron chi connectivity index (χ4n) is 6.81. The van der Waals surface area contributed by atoms with Crippen LogP contribution in [0.25, 0.3) is 0 Å². The van der Waals surface area contributed by atoms with Gasteiger partial charge < -0.3 is 20.1 Å². The standard InChI is InChI=1S/C32H44O6/c1-38-29-20-25-10-13-30(36)32(17-15-24(7-4-18-33)27(25)21-28(29)35)16-14-23(19-31(32)37)6-3-2-5-22-8-11-26(34)12-9-22/h20-24,31,33,35,37H,2-14,16,18-19H2,1H3/t23-,24-,31+,32-/m0/s1. The molecule has 0 saturated heterocycles. The summed E-state index contributed by atoms with van der Waals surface area (Å²) >= 11 is 0. The first-order chi connectivity index (χ1) is 18.4. The molecule has 0 unspecified atom stereocenters. The van der Waals surface area contributed by atoms with Gasteiger partial charge >= 0.3 is 0 Å². The first-order valence-electron chi connectivity index (χ1n) is 14.6. The van der Waals surface area contributed by atoms with Gasteiger partial charge in [-0.3, -0.25) is 9.59 Å². The van der Waals surface area contributed by atoms with Crippen LogP contribution in [0.1, 0.15) is 107 Å². The summed E-state index contributed by atoms with van der Waals surface area (Å²) < 4.78 is 5.31. The maximum absolute atomic E-state index is 13.6. The Morgan fingerprint density at radius 2 is 1.71 bits per heavy atom. The molecule has 3 aliphatic rings. The van der Waals surface area contributed by atoms with Crippen LogP contribution in [0.4, 0.5) is 0 Å². The SMILES string of the molecule is COc1cc2c(cc1O)[C@@H](CCCO)C#C[C@@]1(CC[C@H](CCCCC3CCC(=O)CC3)C[C@H]1O)C(=O)CC2. The van der Waals surface area contributed by atoms with Crippen LogP contribution in [-0.2, 0) is 16.0 Å². The molecule has 2 fully saturated rings. The Bertz CT molecular complexity index is 1040. The molecule has 1 aromatic rings. The Labute approximate surface area is 227 Å². The summed E-state index contributed by atoms with van der Waals surface area (Å²) in [5, 5.41) is 31.3. The van der Waals surface area contributed by atoms with E-state index in [4.69, 9.17) is 4.74 Å². The molecule has 0 aromatic heterocycles. The van der Waals surface area contributed by atoms with Crippen molar-refractivity contribution in [2.45, 2.75) is 108 Å². The van der Waals surface area contributed by atoms with E-state index in [-0.39, 0.29) is 30.5 Å². The maximum atomic E-state index is 13.6. The second kappa shape index (κ2) is 13.1. The van der Waals surface area contributed by atoms with Crippen molar-refractivity contribution in [3.63, 3.8) is 0 Å². The number of aryl methyl sites for hydroxylation is 1. The predicted octanol–water partition coefficient (Wildman–Crippen LogP) is 5.24. The fourth-order valence-corrected chi connectivity index (χ4v) is 6.81. The van der Waals surface area contributed by atoms with Gasteiger partial charge in [-0.15, -0.1) is 0 Å². The highest BCUT2D eigenvalue weighted by atomic mass is 16.5. The molecule has 0 aliphatic heterocycles. The lowest BCUT2D eigenvalue weighted by Crippen LogP contribution is -2.46.